The molecule has 0 aliphatic carbocycles. The second kappa shape index (κ2) is 11.0. The van der Waals surface area contributed by atoms with Crippen LogP contribution in [0.2, 0.25) is 0 Å². The Kier molecular flexibility index (Phi) is 7.18. The van der Waals surface area contributed by atoms with E-state index in [1.807, 2.05) is 61.5 Å². The van der Waals surface area contributed by atoms with E-state index in [4.69, 9.17) is 4.99 Å². The number of para-hydroxylation sites is 2. The van der Waals surface area contributed by atoms with Crippen LogP contribution in [0.25, 0.3) is 0 Å². The quantitative estimate of drug-likeness (QED) is 0.315. The predicted molar refractivity (Wildman–Crippen MR) is 150 cm³/mol. The summed E-state index contributed by atoms with van der Waals surface area (Å²) in [5.41, 5.74) is 3.97. The maximum Gasteiger partial charge on any atom is 0.321 e. The molecule has 8 nitrogen and oxygen atoms in total. The van der Waals surface area contributed by atoms with Crippen LogP contribution in [-0.2, 0) is 4.79 Å². The fourth-order valence-corrected chi connectivity index (χ4v) is 4.46. The number of aryl methyl sites for hydroxylation is 1. The van der Waals surface area contributed by atoms with Crippen molar-refractivity contribution in [3.8, 4) is 5.75 Å². The largest absolute Gasteiger partial charge is 0.507 e. The minimum absolute atomic E-state index is 0.0953. The first kappa shape index (κ1) is 25.4. The minimum atomic E-state index is -1.32. The highest BCUT2D eigenvalue weighted by atomic mass is 16.3. The van der Waals surface area contributed by atoms with Crippen molar-refractivity contribution in [3.63, 3.8) is 0 Å². The zero-order valence-electron chi connectivity index (χ0n) is 21.2. The number of benzodiazepines with no additional fused rings is 1. The molecule has 0 saturated heterocycles. The molecule has 1 heterocycles. The van der Waals surface area contributed by atoms with Gasteiger partial charge in [0.1, 0.15) is 5.75 Å². The summed E-state index contributed by atoms with van der Waals surface area (Å²) in [4.78, 5) is 46.2. The summed E-state index contributed by atoms with van der Waals surface area (Å²) >= 11 is 0. The number of hydrogen-bond donors (Lipinski definition) is 3. The van der Waals surface area contributed by atoms with E-state index in [0.717, 1.165) is 11.1 Å². The van der Waals surface area contributed by atoms with Gasteiger partial charge in [-0.1, -0.05) is 72.8 Å². The Hall–Kier alpha value is -5.24. The van der Waals surface area contributed by atoms with Crippen molar-refractivity contribution < 1.29 is 19.5 Å². The number of Topliss-reactive ketones (excluding diaryl/α,β-unsaturated/α-hetero) is 1. The molecule has 8 heteroatoms. The first-order valence-electron chi connectivity index (χ1n) is 12.4. The van der Waals surface area contributed by atoms with E-state index in [0.29, 0.717) is 22.6 Å². The first-order valence-corrected chi connectivity index (χ1v) is 12.4. The van der Waals surface area contributed by atoms with Gasteiger partial charge in [0.15, 0.2) is 5.78 Å². The number of nitrogens with zero attached hydrogens (tertiary/aromatic N) is 2. The van der Waals surface area contributed by atoms with Gasteiger partial charge in [0, 0.05) is 16.8 Å². The molecule has 5 rings (SSSR count). The number of benzene rings is 4. The third kappa shape index (κ3) is 5.55. The summed E-state index contributed by atoms with van der Waals surface area (Å²) in [6, 6.07) is 29.3. The molecule has 0 spiro atoms. The third-order valence-electron chi connectivity index (χ3n) is 6.31. The van der Waals surface area contributed by atoms with Crippen LogP contribution in [0.3, 0.4) is 0 Å². The molecule has 0 saturated carbocycles. The zero-order chi connectivity index (χ0) is 27.4. The number of carbonyl (C=O) groups is 3. The van der Waals surface area contributed by atoms with Gasteiger partial charge >= 0.3 is 6.03 Å². The van der Waals surface area contributed by atoms with Gasteiger partial charge in [-0.15, -0.1) is 0 Å². The van der Waals surface area contributed by atoms with Crippen molar-refractivity contribution in [3.05, 3.63) is 125 Å². The Labute approximate surface area is 225 Å². The van der Waals surface area contributed by atoms with Gasteiger partial charge in [-0.3, -0.25) is 9.59 Å². The number of rotatable bonds is 6. The number of nitrogens with one attached hydrogen (secondary N) is 2. The van der Waals surface area contributed by atoms with Gasteiger partial charge in [-0.05, 0) is 42.8 Å². The van der Waals surface area contributed by atoms with Crippen LogP contribution in [0.15, 0.2) is 108 Å². The predicted octanol–water partition coefficient (Wildman–Crippen LogP) is 4.92. The smallest absolute Gasteiger partial charge is 0.321 e. The molecule has 4 aromatic rings. The molecule has 0 bridgehead atoms. The molecule has 1 aliphatic heterocycles. The monoisotopic (exact) mass is 518 g/mol. The molecule has 1 unspecified atom stereocenters. The fourth-order valence-electron chi connectivity index (χ4n) is 4.46. The van der Waals surface area contributed by atoms with Crippen molar-refractivity contribution in [2.45, 2.75) is 13.1 Å². The van der Waals surface area contributed by atoms with Crippen molar-refractivity contribution in [1.29, 1.82) is 0 Å². The molecule has 1 aliphatic rings. The van der Waals surface area contributed by atoms with E-state index < -0.39 is 23.9 Å². The van der Waals surface area contributed by atoms with Gasteiger partial charge in [-0.2, -0.15) is 0 Å². The lowest BCUT2D eigenvalue weighted by molar-refractivity contribution is -0.120. The first-order chi connectivity index (χ1) is 18.9. The molecule has 0 aromatic heterocycles. The van der Waals surface area contributed by atoms with Crippen molar-refractivity contribution in [1.82, 2.24) is 5.32 Å². The fraction of sp³-hybridized carbons (Fsp3) is 0.0968. The highest BCUT2D eigenvalue weighted by Crippen LogP contribution is 2.29. The summed E-state index contributed by atoms with van der Waals surface area (Å²) in [5, 5.41) is 15.7. The number of phenols is 1. The standard InChI is InChI=1S/C31H26N4O4/c1-20-10-9-13-22(18-20)32-31(39)34-29-30(38)35(19-27(37)24-15-6-8-17-26(24)36)25-16-7-5-14-23(25)28(33-29)21-11-3-2-4-12-21/h2-18,29,36H,19H2,1H3,(H2,32,34,39). The van der Waals surface area contributed by atoms with Gasteiger partial charge in [0.25, 0.3) is 5.91 Å². The van der Waals surface area contributed by atoms with E-state index in [1.54, 1.807) is 36.4 Å². The van der Waals surface area contributed by atoms with E-state index in [1.165, 1.54) is 17.0 Å². The molecule has 3 N–H and O–H groups in total. The molecule has 194 valence electrons. The van der Waals surface area contributed by atoms with E-state index in [9.17, 15) is 19.5 Å². The average Bonchev–Trinajstić information content (AvgIpc) is 3.04. The minimum Gasteiger partial charge on any atom is -0.507 e. The van der Waals surface area contributed by atoms with Crippen molar-refractivity contribution in [2.24, 2.45) is 4.99 Å². The highest BCUT2D eigenvalue weighted by molar-refractivity contribution is 6.21. The van der Waals surface area contributed by atoms with Crippen LogP contribution in [0.5, 0.6) is 5.75 Å². The average molecular weight is 519 g/mol. The van der Waals surface area contributed by atoms with Crippen LogP contribution < -0.4 is 15.5 Å². The maximum atomic E-state index is 13.9. The number of amides is 3. The topological polar surface area (TPSA) is 111 Å². The van der Waals surface area contributed by atoms with Crippen LogP contribution in [-0.4, -0.2) is 41.3 Å². The third-order valence-corrected chi connectivity index (χ3v) is 6.31. The molecule has 3 amide bonds. The Bertz CT molecular complexity index is 1580. The second-order valence-electron chi connectivity index (χ2n) is 9.10. The number of phenolic OH excluding ortho intramolecular Hbond substituents is 1. The normalized spacial score (nSPS) is 14.6. The van der Waals surface area contributed by atoms with Crippen LogP contribution in [0.1, 0.15) is 27.0 Å². The lowest BCUT2D eigenvalue weighted by Crippen LogP contribution is -2.49. The van der Waals surface area contributed by atoms with Crippen molar-refractivity contribution in [2.75, 3.05) is 16.8 Å². The summed E-state index contributed by atoms with van der Waals surface area (Å²) in [6.07, 6.45) is -1.32. The number of aromatic hydroxyl groups is 1. The number of hydrogen-bond acceptors (Lipinski definition) is 5. The van der Waals surface area contributed by atoms with Gasteiger partial charge < -0.3 is 20.6 Å². The lowest BCUT2D eigenvalue weighted by Gasteiger charge is -2.25. The lowest BCUT2D eigenvalue weighted by atomic mass is 10.00. The summed E-state index contributed by atoms with van der Waals surface area (Å²) in [7, 11) is 0. The van der Waals surface area contributed by atoms with Crippen LogP contribution in [0, 0.1) is 6.92 Å². The highest BCUT2D eigenvalue weighted by Gasteiger charge is 2.34. The molecule has 39 heavy (non-hydrogen) atoms. The van der Waals surface area contributed by atoms with Crippen molar-refractivity contribution >= 4 is 34.8 Å². The second-order valence-corrected chi connectivity index (χ2v) is 9.10. The number of urea groups is 1. The van der Waals surface area contributed by atoms with Gasteiger partial charge in [-0.25, -0.2) is 9.79 Å². The van der Waals surface area contributed by atoms with Gasteiger partial charge in [0.2, 0.25) is 6.17 Å². The molecule has 1 atom stereocenters. The number of carbonyl (C=O) groups excluding carboxylic acids is 3. The van der Waals surface area contributed by atoms with E-state index >= 15 is 0 Å². The van der Waals surface area contributed by atoms with Crippen LogP contribution >= 0.6 is 0 Å². The number of anilines is 2. The Morgan fingerprint density at radius 3 is 2.38 bits per heavy atom. The molecular formula is C31H26N4O4. The maximum absolute atomic E-state index is 13.9. The summed E-state index contributed by atoms with van der Waals surface area (Å²) in [5.74, 6) is -1.22. The number of aliphatic imine (C=N–C) groups is 1. The van der Waals surface area contributed by atoms with Gasteiger partial charge in [0.05, 0.1) is 23.5 Å². The SMILES string of the molecule is Cc1cccc(NC(=O)NC2N=C(c3ccccc3)c3ccccc3N(CC(=O)c3ccccc3O)C2=O)c1. The Balaban J connectivity index is 1.54. The summed E-state index contributed by atoms with van der Waals surface area (Å²) in [6.45, 7) is 1.55. The van der Waals surface area contributed by atoms with E-state index in [2.05, 4.69) is 10.6 Å². The Morgan fingerprint density at radius 2 is 1.62 bits per heavy atom. The molecule has 4 aromatic carbocycles. The summed E-state index contributed by atoms with van der Waals surface area (Å²) < 4.78 is 0. The zero-order valence-corrected chi connectivity index (χ0v) is 21.2. The Morgan fingerprint density at radius 1 is 0.897 bits per heavy atom. The van der Waals surface area contributed by atoms with E-state index in [-0.39, 0.29) is 17.9 Å². The molecular weight excluding hydrogens is 492 g/mol. The van der Waals surface area contributed by atoms with Crippen LogP contribution in [0.4, 0.5) is 16.2 Å². The number of ketones is 1. The molecule has 0 radical (unpaired) electrons. The number of fused-ring (bicyclic) bond motifs is 1. The molecule has 0 fully saturated rings.